The van der Waals surface area contributed by atoms with E-state index in [0.717, 1.165) is 57.6 Å². The molecule has 8 nitrogen and oxygen atoms in total. The number of aliphatic imine (C=N–C) groups is 1. The molecule has 10 heteroatoms. The minimum Gasteiger partial charge on any atom is -0.489 e. The second-order valence-electron chi connectivity index (χ2n) is 7.49. The first kappa shape index (κ1) is 26.0. The highest BCUT2D eigenvalue weighted by molar-refractivity contribution is 14.0. The van der Waals surface area contributed by atoms with Crippen LogP contribution in [0.1, 0.15) is 13.3 Å². The van der Waals surface area contributed by atoms with Crippen LogP contribution in [0.4, 0.5) is 10.3 Å². The summed E-state index contributed by atoms with van der Waals surface area (Å²) in [4.78, 5) is 17.6. The Bertz CT molecular complexity index is 802. The summed E-state index contributed by atoms with van der Waals surface area (Å²) in [6.07, 6.45) is 4.53. The maximum Gasteiger partial charge on any atom is 0.225 e. The zero-order chi connectivity index (χ0) is 21.9. The Morgan fingerprint density at radius 2 is 1.81 bits per heavy atom. The molecule has 1 aromatic carbocycles. The third kappa shape index (κ3) is 8.73. The van der Waals surface area contributed by atoms with Crippen molar-refractivity contribution in [3.8, 4) is 5.75 Å². The summed E-state index contributed by atoms with van der Waals surface area (Å²) in [5, 5.41) is 6.62. The van der Waals surface area contributed by atoms with Crippen molar-refractivity contribution in [2.75, 3.05) is 57.8 Å². The van der Waals surface area contributed by atoms with Crippen molar-refractivity contribution in [3.63, 3.8) is 0 Å². The third-order valence-corrected chi connectivity index (χ3v) is 5.08. The molecule has 1 fully saturated rings. The molecule has 176 valence electrons. The fourth-order valence-corrected chi connectivity index (χ4v) is 3.38. The van der Waals surface area contributed by atoms with Crippen molar-refractivity contribution < 1.29 is 9.13 Å². The monoisotopic (exact) mass is 557 g/mol. The van der Waals surface area contributed by atoms with E-state index in [1.165, 1.54) is 12.1 Å². The lowest BCUT2D eigenvalue weighted by molar-refractivity contribution is 0.223. The largest absolute Gasteiger partial charge is 0.489 e. The van der Waals surface area contributed by atoms with Gasteiger partial charge in [0.1, 0.15) is 17.7 Å². The molecule has 1 saturated heterocycles. The van der Waals surface area contributed by atoms with E-state index in [1.807, 2.05) is 13.0 Å². The lowest BCUT2D eigenvalue weighted by atomic mass is 10.3. The van der Waals surface area contributed by atoms with Crippen LogP contribution in [0.3, 0.4) is 0 Å². The van der Waals surface area contributed by atoms with E-state index < -0.39 is 0 Å². The first-order valence-electron chi connectivity index (χ1n) is 10.7. The van der Waals surface area contributed by atoms with Gasteiger partial charge in [-0.2, -0.15) is 0 Å². The van der Waals surface area contributed by atoms with Crippen LogP contribution in [0.15, 0.2) is 47.7 Å². The average Bonchev–Trinajstić information content (AvgIpc) is 2.81. The molecule has 0 spiro atoms. The number of hydrogen-bond acceptors (Lipinski definition) is 6. The summed E-state index contributed by atoms with van der Waals surface area (Å²) in [6.45, 7) is 8.38. The number of ether oxygens (including phenoxy) is 1. The molecular formula is C22H33FIN7O. The number of halogens is 2. The number of piperazine rings is 1. The summed E-state index contributed by atoms with van der Waals surface area (Å²) in [6, 6.07) is 7.89. The molecule has 0 aliphatic carbocycles. The molecule has 1 unspecified atom stereocenters. The molecule has 0 saturated carbocycles. The number of guanidine groups is 1. The molecule has 1 atom stereocenters. The van der Waals surface area contributed by atoms with Gasteiger partial charge in [0.15, 0.2) is 5.96 Å². The molecule has 32 heavy (non-hydrogen) atoms. The number of aromatic nitrogens is 2. The van der Waals surface area contributed by atoms with Crippen LogP contribution in [0.25, 0.3) is 0 Å². The Balaban J connectivity index is 0.00000363. The first-order valence-corrected chi connectivity index (χ1v) is 10.7. The summed E-state index contributed by atoms with van der Waals surface area (Å²) < 4.78 is 18.8. The van der Waals surface area contributed by atoms with Crippen molar-refractivity contribution in [3.05, 3.63) is 48.5 Å². The van der Waals surface area contributed by atoms with E-state index in [-0.39, 0.29) is 35.9 Å². The van der Waals surface area contributed by atoms with Crippen LogP contribution in [0, 0.1) is 5.82 Å². The van der Waals surface area contributed by atoms with Gasteiger partial charge < -0.3 is 20.3 Å². The molecule has 2 heterocycles. The third-order valence-electron chi connectivity index (χ3n) is 5.08. The van der Waals surface area contributed by atoms with Gasteiger partial charge in [-0.05, 0) is 50.2 Å². The maximum atomic E-state index is 13.0. The highest BCUT2D eigenvalue weighted by Crippen LogP contribution is 2.12. The number of nitrogens with zero attached hydrogens (tertiary/aromatic N) is 5. The number of hydrogen-bond donors (Lipinski definition) is 2. The standard InChI is InChI=1S/C22H32FN7O.HI/c1-18(31-20-7-5-19(23)6-8-20)17-28-21(24-2)25-11-4-12-29-13-15-30(16-14-29)22-26-9-3-10-27-22;/h3,5-10,18H,4,11-17H2,1-2H3,(H2,24,25,28);1H. The molecule has 0 radical (unpaired) electrons. The second-order valence-corrected chi connectivity index (χ2v) is 7.49. The van der Waals surface area contributed by atoms with Crippen LogP contribution in [0.5, 0.6) is 5.75 Å². The van der Waals surface area contributed by atoms with E-state index >= 15 is 0 Å². The molecule has 0 amide bonds. The Hall–Kier alpha value is -2.21. The van der Waals surface area contributed by atoms with Gasteiger partial charge in [0.25, 0.3) is 0 Å². The van der Waals surface area contributed by atoms with Gasteiger partial charge in [-0.15, -0.1) is 24.0 Å². The molecule has 0 bridgehead atoms. The van der Waals surface area contributed by atoms with E-state index in [4.69, 9.17) is 4.74 Å². The molecule has 1 aromatic heterocycles. The van der Waals surface area contributed by atoms with Crippen molar-refractivity contribution in [1.29, 1.82) is 0 Å². The fourth-order valence-electron chi connectivity index (χ4n) is 3.38. The second kappa shape index (κ2) is 14.0. The lowest BCUT2D eigenvalue weighted by Crippen LogP contribution is -2.48. The van der Waals surface area contributed by atoms with Crippen molar-refractivity contribution >= 4 is 35.9 Å². The summed E-state index contributed by atoms with van der Waals surface area (Å²) in [5.74, 6) is 1.95. The summed E-state index contributed by atoms with van der Waals surface area (Å²) in [5.41, 5.74) is 0. The Morgan fingerprint density at radius 3 is 2.47 bits per heavy atom. The highest BCUT2D eigenvalue weighted by atomic mass is 127. The Kier molecular flexibility index (Phi) is 11.4. The van der Waals surface area contributed by atoms with Gasteiger partial charge in [0, 0.05) is 52.2 Å². The number of anilines is 1. The Labute approximate surface area is 206 Å². The zero-order valence-corrected chi connectivity index (χ0v) is 21.0. The number of nitrogens with one attached hydrogen (secondary N) is 2. The summed E-state index contributed by atoms with van der Waals surface area (Å²) in [7, 11) is 1.76. The van der Waals surface area contributed by atoms with E-state index in [2.05, 4.69) is 35.4 Å². The topological polar surface area (TPSA) is 77.9 Å². The SMILES string of the molecule is CN=C(NCCCN1CCN(c2ncccn2)CC1)NCC(C)Oc1ccc(F)cc1.I. The molecule has 1 aliphatic heterocycles. The minimum atomic E-state index is -0.269. The van der Waals surface area contributed by atoms with E-state index in [9.17, 15) is 4.39 Å². The zero-order valence-electron chi connectivity index (χ0n) is 18.7. The molecule has 2 N–H and O–H groups in total. The van der Waals surface area contributed by atoms with Crippen molar-refractivity contribution in [2.24, 2.45) is 4.99 Å². The molecule has 1 aliphatic rings. The van der Waals surface area contributed by atoms with Gasteiger partial charge in [0.05, 0.1) is 6.54 Å². The van der Waals surface area contributed by atoms with E-state index in [1.54, 1.807) is 31.6 Å². The highest BCUT2D eigenvalue weighted by Gasteiger charge is 2.18. The van der Waals surface area contributed by atoms with Gasteiger partial charge in [-0.1, -0.05) is 0 Å². The van der Waals surface area contributed by atoms with Crippen LogP contribution < -0.4 is 20.3 Å². The van der Waals surface area contributed by atoms with Crippen LogP contribution in [-0.2, 0) is 0 Å². The lowest BCUT2D eigenvalue weighted by Gasteiger charge is -2.34. The van der Waals surface area contributed by atoms with Crippen LogP contribution >= 0.6 is 24.0 Å². The molecule has 3 rings (SSSR count). The van der Waals surface area contributed by atoms with Gasteiger partial charge in [-0.25, -0.2) is 14.4 Å². The van der Waals surface area contributed by atoms with E-state index in [0.29, 0.717) is 12.3 Å². The van der Waals surface area contributed by atoms with Crippen molar-refractivity contribution in [1.82, 2.24) is 25.5 Å². The molecular weight excluding hydrogens is 524 g/mol. The Morgan fingerprint density at radius 1 is 1.12 bits per heavy atom. The number of rotatable bonds is 9. The number of benzene rings is 1. The fraction of sp³-hybridized carbons (Fsp3) is 0.500. The summed E-state index contributed by atoms with van der Waals surface area (Å²) >= 11 is 0. The smallest absolute Gasteiger partial charge is 0.225 e. The van der Waals surface area contributed by atoms with Crippen molar-refractivity contribution in [2.45, 2.75) is 19.4 Å². The van der Waals surface area contributed by atoms with Crippen LogP contribution in [-0.4, -0.2) is 79.8 Å². The predicted molar refractivity (Wildman–Crippen MR) is 137 cm³/mol. The quantitative estimate of drug-likeness (QED) is 0.212. The average molecular weight is 557 g/mol. The minimum absolute atomic E-state index is 0. The van der Waals surface area contributed by atoms with Gasteiger partial charge in [0.2, 0.25) is 5.95 Å². The maximum absolute atomic E-state index is 13.0. The van der Waals surface area contributed by atoms with Gasteiger partial charge in [-0.3, -0.25) is 9.89 Å². The normalized spacial score (nSPS) is 15.6. The van der Waals surface area contributed by atoms with Gasteiger partial charge >= 0.3 is 0 Å². The molecule has 2 aromatic rings. The predicted octanol–water partition coefficient (Wildman–Crippen LogP) is 2.38. The first-order chi connectivity index (χ1) is 15.1. The van der Waals surface area contributed by atoms with Crippen LogP contribution in [0.2, 0.25) is 0 Å².